The number of anilines is 1. The summed E-state index contributed by atoms with van der Waals surface area (Å²) >= 11 is 12.0. The first-order valence-corrected chi connectivity index (χ1v) is 10.5. The van der Waals surface area contributed by atoms with Crippen LogP contribution < -0.4 is 9.64 Å². The quantitative estimate of drug-likeness (QED) is 0.440. The lowest BCUT2D eigenvalue weighted by Gasteiger charge is -2.23. The molecule has 6 nitrogen and oxygen atoms in total. The van der Waals surface area contributed by atoms with Crippen molar-refractivity contribution >= 4 is 52.3 Å². The van der Waals surface area contributed by atoms with Crippen molar-refractivity contribution in [3.05, 3.63) is 93.0 Å². The number of carbonyl (C=O) groups is 4. The predicted octanol–water partition coefficient (Wildman–Crippen LogP) is 5.36. The van der Waals surface area contributed by atoms with Gasteiger partial charge in [-0.15, -0.1) is 0 Å². The second-order valence-corrected chi connectivity index (χ2v) is 8.00. The second kappa shape index (κ2) is 9.98. The van der Waals surface area contributed by atoms with E-state index in [4.69, 9.17) is 27.9 Å². The highest BCUT2D eigenvalue weighted by Crippen LogP contribution is 2.36. The third-order valence-electron chi connectivity index (χ3n) is 4.85. The molecule has 3 rings (SSSR count). The number of benzene rings is 3. The topological polar surface area (TPSA) is 80.8 Å². The lowest BCUT2D eigenvalue weighted by atomic mass is 9.94. The van der Waals surface area contributed by atoms with Crippen molar-refractivity contribution in [3.8, 4) is 5.75 Å². The largest absolute Gasteiger partial charge is 0.495 e. The molecule has 0 atom stereocenters. The molecule has 0 radical (unpaired) electrons. The summed E-state index contributed by atoms with van der Waals surface area (Å²) in [6.07, 6.45) is 0. The van der Waals surface area contributed by atoms with Crippen LogP contribution in [0.2, 0.25) is 10.0 Å². The van der Waals surface area contributed by atoms with Crippen LogP contribution in [0.15, 0.2) is 60.7 Å². The summed E-state index contributed by atoms with van der Waals surface area (Å²) in [4.78, 5) is 52.2. The molecule has 33 heavy (non-hydrogen) atoms. The summed E-state index contributed by atoms with van der Waals surface area (Å²) in [5.41, 5.74) is 0.587. The number of methoxy groups -OCH3 is 1. The average Bonchev–Trinajstić information content (AvgIpc) is 2.78. The van der Waals surface area contributed by atoms with Crippen molar-refractivity contribution < 1.29 is 23.9 Å². The van der Waals surface area contributed by atoms with Crippen molar-refractivity contribution in [3.63, 3.8) is 0 Å². The van der Waals surface area contributed by atoms with Crippen LogP contribution in [0.1, 0.15) is 45.7 Å². The standard InChI is InChI=1S/C25H19Cl2NO5/c1-14(29)28(15(2)30)23-21(25(32)17-5-4-6-20(27)11-17)12-18(13-22(23)33-3)24(31)16-7-9-19(26)10-8-16/h4-13H,1-3H3. The Hall–Kier alpha value is -3.48. The highest BCUT2D eigenvalue weighted by atomic mass is 35.5. The lowest BCUT2D eigenvalue weighted by Crippen LogP contribution is -2.35. The Kier molecular flexibility index (Phi) is 7.31. The molecule has 0 fully saturated rings. The van der Waals surface area contributed by atoms with Crippen LogP contribution in [0.5, 0.6) is 5.75 Å². The van der Waals surface area contributed by atoms with Crippen LogP contribution >= 0.6 is 23.2 Å². The minimum absolute atomic E-state index is 0.0191. The van der Waals surface area contributed by atoms with E-state index in [9.17, 15) is 19.2 Å². The minimum atomic E-state index is -0.613. The number of nitrogens with zero attached hydrogens (tertiary/aromatic N) is 1. The highest BCUT2D eigenvalue weighted by Gasteiger charge is 2.29. The smallest absolute Gasteiger partial charge is 0.230 e. The number of rotatable bonds is 6. The van der Waals surface area contributed by atoms with Gasteiger partial charge in [0.05, 0.1) is 12.7 Å². The van der Waals surface area contributed by atoms with Gasteiger partial charge in [0.1, 0.15) is 11.4 Å². The molecule has 0 spiro atoms. The van der Waals surface area contributed by atoms with E-state index in [1.165, 1.54) is 39.2 Å². The summed E-state index contributed by atoms with van der Waals surface area (Å²) < 4.78 is 5.43. The highest BCUT2D eigenvalue weighted by molar-refractivity contribution is 6.31. The molecule has 3 aromatic carbocycles. The number of carbonyl (C=O) groups excluding carboxylic acids is 4. The first-order valence-electron chi connectivity index (χ1n) is 9.78. The van der Waals surface area contributed by atoms with Gasteiger partial charge >= 0.3 is 0 Å². The van der Waals surface area contributed by atoms with Crippen LogP contribution in [0.3, 0.4) is 0 Å². The summed E-state index contributed by atoms with van der Waals surface area (Å²) in [6, 6.07) is 15.2. The maximum absolute atomic E-state index is 13.5. The van der Waals surface area contributed by atoms with Crippen molar-refractivity contribution in [2.24, 2.45) is 0 Å². The molecule has 3 aromatic rings. The molecule has 0 saturated heterocycles. The van der Waals surface area contributed by atoms with E-state index < -0.39 is 23.4 Å². The third-order valence-corrected chi connectivity index (χ3v) is 5.34. The van der Waals surface area contributed by atoms with Crippen molar-refractivity contribution in [2.75, 3.05) is 12.0 Å². The van der Waals surface area contributed by atoms with Gasteiger partial charge in [0.25, 0.3) is 0 Å². The van der Waals surface area contributed by atoms with Crippen LogP contribution in [-0.4, -0.2) is 30.5 Å². The number of imide groups is 1. The summed E-state index contributed by atoms with van der Waals surface area (Å²) in [5.74, 6) is -2.14. The monoisotopic (exact) mass is 483 g/mol. The van der Waals surface area contributed by atoms with Gasteiger partial charge in [-0.2, -0.15) is 0 Å². The molecule has 0 heterocycles. The zero-order valence-corrected chi connectivity index (χ0v) is 19.5. The lowest BCUT2D eigenvalue weighted by molar-refractivity contribution is -0.124. The minimum Gasteiger partial charge on any atom is -0.495 e. The zero-order valence-electron chi connectivity index (χ0n) is 18.0. The fourth-order valence-corrected chi connectivity index (χ4v) is 3.70. The van der Waals surface area contributed by atoms with Crippen LogP contribution in [0.25, 0.3) is 0 Å². The number of hydrogen-bond donors (Lipinski definition) is 0. The Morgan fingerprint density at radius 3 is 1.91 bits per heavy atom. The Morgan fingerprint density at radius 1 is 0.727 bits per heavy atom. The van der Waals surface area contributed by atoms with Gasteiger partial charge in [0.2, 0.25) is 11.8 Å². The number of ketones is 2. The Labute approximate surface area is 200 Å². The van der Waals surface area contributed by atoms with Crippen LogP contribution in [-0.2, 0) is 9.59 Å². The van der Waals surface area contributed by atoms with Gasteiger partial charge < -0.3 is 4.74 Å². The maximum Gasteiger partial charge on any atom is 0.230 e. The molecule has 0 unspecified atom stereocenters. The Bertz CT molecular complexity index is 1250. The zero-order chi connectivity index (χ0) is 24.3. The molecule has 0 N–H and O–H groups in total. The Morgan fingerprint density at radius 2 is 1.36 bits per heavy atom. The van der Waals surface area contributed by atoms with E-state index in [2.05, 4.69) is 0 Å². The van der Waals surface area contributed by atoms with E-state index in [1.54, 1.807) is 42.5 Å². The van der Waals surface area contributed by atoms with Gasteiger partial charge in [-0.05, 0) is 48.5 Å². The molecule has 0 bridgehead atoms. The van der Waals surface area contributed by atoms with Gasteiger partial charge in [-0.25, -0.2) is 4.90 Å². The second-order valence-electron chi connectivity index (χ2n) is 7.12. The first-order chi connectivity index (χ1) is 15.6. The van der Waals surface area contributed by atoms with E-state index in [1.807, 2.05) is 0 Å². The molecule has 0 saturated carbocycles. The van der Waals surface area contributed by atoms with Crippen LogP contribution in [0, 0.1) is 0 Å². The van der Waals surface area contributed by atoms with Gasteiger partial charge in [0, 0.05) is 40.6 Å². The molecule has 168 valence electrons. The van der Waals surface area contributed by atoms with Crippen molar-refractivity contribution in [1.29, 1.82) is 0 Å². The summed E-state index contributed by atoms with van der Waals surface area (Å²) in [5, 5.41) is 0.799. The van der Waals surface area contributed by atoms with Gasteiger partial charge in [-0.3, -0.25) is 19.2 Å². The van der Waals surface area contributed by atoms with Crippen molar-refractivity contribution in [2.45, 2.75) is 13.8 Å². The van der Waals surface area contributed by atoms with E-state index in [0.717, 1.165) is 4.90 Å². The molecular weight excluding hydrogens is 465 g/mol. The predicted molar refractivity (Wildman–Crippen MR) is 127 cm³/mol. The summed E-state index contributed by atoms with van der Waals surface area (Å²) in [7, 11) is 1.32. The molecule has 0 aliphatic rings. The summed E-state index contributed by atoms with van der Waals surface area (Å²) in [6.45, 7) is 2.39. The number of ether oxygens (including phenoxy) is 1. The average molecular weight is 484 g/mol. The molecule has 0 aliphatic carbocycles. The van der Waals surface area contributed by atoms with E-state index in [-0.39, 0.29) is 28.1 Å². The molecule has 8 heteroatoms. The molecule has 2 amide bonds. The van der Waals surface area contributed by atoms with Gasteiger partial charge in [0.15, 0.2) is 11.6 Å². The fourth-order valence-electron chi connectivity index (χ4n) is 3.39. The van der Waals surface area contributed by atoms with Crippen LogP contribution in [0.4, 0.5) is 5.69 Å². The number of halogens is 2. The van der Waals surface area contributed by atoms with E-state index >= 15 is 0 Å². The third kappa shape index (κ3) is 5.13. The normalized spacial score (nSPS) is 10.5. The SMILES string of the molecule is COc1cc(C(=O)c2ccc(Cl)cc2)cc(C(=O)c2cccc(Cl)c2)c1N(C(C)=O)C(C)=O. The Balaban J connectivity index is 2.29. The molecule has 0 aliphatic heterocycles. The van der Waals surface area contributed by atoms with Crippen molar-refractivity contribution in [1.82, 2.24) is 0 Å². The molecular formula is C25H19Cl2NO5. The number of hydrogen-bond acceptors (Lipinski definition) is 5. The molecule has 0 aromatic heterocycles. The fraction of sp³-hybridized carbons (Fsp3) is 0.120. The maximum atomic E-state index is 13.5. The number of amides is 2. The first kappa shape index (κ1) is 24.2. The van der Waals surface area contributed by atoms with E-state index in [0.29, 0.717) is 15.6 Å². The van der Waals surface area contributed by atoms with Gasteiger partial charge in [-0.1, -0.05) is 35.3 Å².